The van der Waals surface area contributed by atoms with Crippen molar-refractivity contribution in [2.24, 2.45) is 5.41 Å². The fourth-order valence-corrected chi connectivity index (χ4v) is 4.22. The Hall–Kier alpha value is -0.680. The molecule has 5 heteroatoms. The second kappa shape index (κ2) is 5.31. The Labute approximate surface area is 110 Å². The summed E-state index contributed by atoms with van der Waals surface area (Å²) in [6, 6.07) is 6.82. The van der Waals surface area contributed by atoms with Gasteiger partial charge in [-0.2, -0.15) is 0 Å². The SMILES string of the molecule is CC(C)(C=O)CS(=O)(=O)c1ccccc1CBr. The van der Waals surface area contributed by atoms with Gasteiger partial charge in [0.25, 0.3) is 0 Å². The van der Waals surface area contributed by atoms with Gasteiger partial charge in [-0.15, -0.1) is 0 Å². The van der Waals surface area contributed by atoms with Crippen LogP contribution < -0.4 is 0 Å². The van der Waals surface area contributed by atoms with E-state index in [-0.39, 0.29) is 5.75 Å². The number of hydrogen-bond acceptors (Lipinski definition) is 3. The molecule has 3 nitrogen and oxygen atoms in total. The van der Waals surface area contributed by atoms with Crippen molar-refractivity contribution in [2.45, 2.75) is 24.1 Å². The molecule has 1 rings (SSSR count). The van der Waals surface area contributed by atoms with Gasteiger partial charge in [-0.05, 0) is 11.6 Å². The van der Waals surface area contributed by atoms with Gasteiger partial charge in [0.2, 0.25) is 0 Å². The van der Waals surface area contributed by atoms with E-state index in [0.717, 1.165) is 0 Å². The van der Waals surface area contributed by atoms with E-state index in [9.17, 15) is 13.2 Å². The molecule has 0 spiro atoms. The van der Waals surface area contributed by atoms with Crippen molar-refractivity contribution in [1.29, 1.82) is 0 Å². The van der Waals surface area contributed by atoms with Crippen molar-refractivity contribution in [3.8, 4) is 0 Å². The largest absolute Gasteiger partial charge is 0.303 e. The number of hydrogen-bond donors (Lipinski definition) is 0. The first-order chi connectivity index (χ1) is 7.82. The van der Waals surface area contributed by atoms with Crippen molar-refractivity contribution >= 4 is 32.1 Å². The van der Waals surface area contributed by atoms with Gasteiger partial charge in [0.15, 0.2) is 9.84 Å². The summed E-state index contributed by atoms with van der Waals surface area (Å²) in [4.78, 5) is 11.1. The minimum atomic E-state index is -3.43. The van der Waals surface area contributed by atoms with Crippen molar-refractivity contribution in [1.82, 2.24) is 0 Å². The van der Waals surface area contributed by atoms with Crippen LogP contribution in [-0.4, -0.2) is 20.5 Å². The van der Waals surface area contributed by atoms with Crippen molar-refractivity contribution in [3.05, 3.63) is 29.8 Å². The molecule has 94 valence electrons. The van der Waals surface area contributed by atoms with Gasteiger partial charge in [-0.3, -0.25) is 0 Å². The topological polar surface area (TPSA) is 51.2 Å². The quantitative estimate of drug-likeness (QED) is 0.619. The highest BCUT2D eigenvalue weighted by atomic mass is 79.9. The van der Waals surface area contributed by atoms with Crippen LogP contribution in [0.3, 0.4) is 0 Å². The predicted molar refractivity (Wildman–Crippen MR) is 71.0 cm³/mol. The second-order valence-electron chi connectivity index (χ2n) is 4.61. The third-order valence-electron chi connectivity index (χ3n) is 2.33. The van der Waals surface area contributed by atoms with Gasteiger partial charge in [-0.1, -0.05) is 48.0 Å². The van der Waals surface area contributed by atoms with Gasteiger partial charge in [0.05, 0.1) is 10.6 Å². The maximum atomic E-state index is 12.2. The highest BCUT2D eigenvalue weighted by Gasteiger charge is 2.28. The number of benzene rings is 1. The van der Waals surface area contributed by atoms with Crippen LogP contribution >= 0.6 is 15.9 Å². The average molecular weight is 319 g/mol. The van der Waals surface area contributed by atoms with Crippen LogP contribution in [0.4, 0.5) is 0 Å². The molecule has 0 saturated heterocycles. The molecule has 0 radical (unpaired) electrons. The smallest absolute Gasteiger partial charge is 0.179 e. The summed E-state index contributed by atoms with van der Waals surface area (Å²) < 4.78 is 24.4. The third-order valence-corrected chi connectivity index (χ3v) is 5.13. The minimum Gasteiger partial charge on any atom is -0.303 e. The number of carbonyl (C=O) groups is 1. The standard InChI is InChI=1S/C12H15BrO3S/c1-12(2,8-14)9-17(15,16)11-6-4-3-5-10(11)7-13/h3-6,8H,7,9H2,1-2H3. The fourth-order valence-electron chi connectivity index (χ4n) is 1.52. The Morgan fingerprint density at radius 2 is 1.88 bits per heavy atom. The number of sulfone groups is 1. The molecule has 0 atom stereocenters. The van der Waals surface area contributed by atoms with Crippen LogP contribution in [0.5, 0.6) is 0 Å². The summed E-state index contributed by atoms with van der Waals surface area (Å²) in [7, 11) is -3.43. The van der Waals surface area contributed by atoms with Crippen molar-refractivity contribution in [3.63, 3.8) is 0 Å². The van der Waals surface area contributed by atoms with E-state index in [4.69, 9.17) is 0 Å². The molecule has 1 aromatic carbocycles. The maximum Gasteiger partial charge on any atom is 0.179 e. The van der Waals surface area contributed by atoms with Crippen LogP contribution in [0.2, 0.25) is 0 Å². The first-order valence-electron chi connectivity index (χ1n) is 5.15. The minimum absolute atomic E-state index is 0.173. The molecule has 0 N–H and O–H groups in total. The summed E-state index contributed by atoms with van der Waals surface area (Å²) >= 11 is 3.26. The first-order valence-corrected chi connectivity index (χ1v) is 7.93. The molecule has 0 aliphatic rings. The maximum absolute atomic E-state index is 12.2. The number of halogens is 1. The number of aldehydes is 1. The Bertz CT molecular complexity index is 506. The van der Waals surface area contributed by atoms with E-state index in [1.807, 2.05) is 0 Å². The molecule has 0 unspecified atom stereocenters. The van der Waals surface area contributed by atoms with Crippen molar-refractivity contribution in [2.75, 3.05) is 5.75 Å². The normalized spacial score (nSPS) is 12.4. The molecule has 0 saturated carbocycles. The number of carbonyl (C=O) groups excluding carboxylic acids is 1. The van der Waals surface area contributed by atoms with E-state index in [0.29, 0.717) is 22.1 Å². The average Bonchev–Trinajstić information content (AvgIpc) is 2.28. The molecule has 0 bridgehead atoms. The first kappa shape index (κ1) is 14.4. The molecule has 17 heavy (non-hydrogen) atoms. The second-order valence-corrected chi connectivity index (χ2v) is 7.13. The molecule has 0 aliphatic carbocycles. The van der Waals surface area contributed by atoms with Gasteiger partial charge in [-0.25, -0.2) is 8.42 Å². The summed E-state index contributed by atoms with van der Waals surface area (Å²) in [6.07, 6.45) is 0.682. The zero-order valence-electron chi connectivity index (χ0n) is 9.81. The van der Waals surface area contributed by atoms with Crippen LogP contribution in [0, 0.1) is 5.41 Å². The summed E-state index contributed by atoms with van der Waals surface area (Å²) in [5, 5.41) is 0.476. The third kappa shape index (κ3) is 3.64. The van der Waals surface area contributed by atoms with Gasteiger partial charge in [0, 0.05) is 10.7 Å². The molecule has 0 amide bonds. The predicted octanol–water partition coefficient (Wildman–Crippen LogP) is 2.58. The van der Waals surface area contributed by atoms with Gasteiger partial charge < -0.3 is 4.79 Å². The molecule has 1 aromatic rings. The summed E-state index contributed by atoms with van der Waals surface area (Å²) in [5.74, 6) is -0.173. The van der Waals surface area contributed by atoms with Crippen LogP contribution in [0.25, 0.3) is 0 Å². The lowest BCUT2D eigenvalue weighted by Crippen LogP contribution is -2.26. The molecule has 0 aliphatic heterocycles. The van der Waals surface area contributed by atoms with Crippen LogP contribution in [-0.2, 0) is 20.0 Å². The fraction of sp³-hybridized carbons (Fsp3) is 0.417. The molecule has 0 heterocycles. The monoisotopic (exact) mass is 318 g/mol. The van der Waals surface area contributed by atoms with E-state index in [1.165, 1.54) is 0 Å². The van der Waals surface area contributed by atoms with Crippen LogP contribution in [0.15, 0.2) is 29.2 Å². The Kier molecular flexibility index (Phi) is 4.49. The van der Waals surface area contributed by atoms with Gasteiger partial charge in [0.1, 0.15) is 6.29 Å². The Morgan fingerprint density at radius 1 is 1.29 bits per heavy atom. The highest BCUT2D eigenvalue weighted by Crippen LogP contribution is 2.24. The Morgan fingerprint density at radius 3 is 2.41 bits per heavy atom. The van der Waals surface area contributed by atoms with Crippen molar-refractivity contribution < 1.29 is 13.2 Å². The zero-order chi connectivity index (χ0) is 13.1. The lowest BCUT2D eigenvalue weighted by molar-refractivity contribution is -0.113. The van der Waals surface area contributed by atoms with E-state index in [2.05, 4.69) is 15.9 Å². The Balaban J connectivity index is 3.18. The lowest BCUT2D eigenvalue weighted by Gasteiger charge is -2.17. The summed E-state index contributed by atoms with van der Waals surface area (Å²) in [5.41, 5.74) is -0.146. The highest BCUT2D eigenvalue weighted by molar-refractivity contribution is 9.08. The van der Waals surface area contributed by atoms with Crippen LogP contribution in [0.1, 0.15) is 19.4 Å². The lowest BCUT2D eigenvalue weighted by atomic mass is 10.00. The van der Waals surface area contributed by atoms with E-state index >= 15 is 0 Å². The summed E-state index contributed by atoms with van der Waals surface area (Å²) in [6.45, 7) is 3.24. The van der Waals surface area contributed by atoms with E-state index < -0.39 is 15.3 Å². The number of alkyl halides is 1. The van der Waals surface area contributed by atoms with Gasteiger partial charge >= 0.3 is 0 Å². The zero-order valence-corrected chi connectivity index (χ0v) is 12.2. The molecule has 0 fully saturated rings. The molecule has 0 aromatic heterocycles. The van der Waals surface area contributed by atoms with E-state index in [1.54, 1.807) is 38.1 Å². The molecular formula is C12H15BrO3S. The number of rotatable bonds is 5. The molecular weight excluding hydrogens is 304 g/mol.